The van der Waals surface area contributed by atoms with Gasteiger partial charge in [0.2, 0.25) is 13.2 Å². The minimum atomic E-state index is -0.882. The first-order chi connectivity index (χ1) is 6.81. The van der Waals surface area contributed by atoms with Crippen molar-refractivity contribution in [1.82, 2.24) is 0 Å². The van der Waals surface area contributed by atoms with Gasteiger partial charge in [-0.1, -0.05) is 0 Å². The van der Waals surface area contributed by atoms with E-state index in [0.717, 1.165) is 0 Å². The molecule has 0 saturated heterocycles. The van der Waals surface area contributed by atoms with Gasteiger partial charge in [-0.3, -0.25) is 0 Å². The van der Waals surface area contributed by atoms with E-state index in [0.29, 0.717) is 0 Å². The van der Waals surface area contributed by atoms with Gasteiger partial charge >= 0.3 is 6.16 Å². The van der Waals surface area contributed by atoms with Crippen molar-refractivity contribution in [3.63, 3.8) is 0 Å². The van der Waals surface area contributed by atoms with Crippen LogP contribution in [0.1, 0.15) is 0 Å². The largest absolute Gasteiger partial charge is 0.508 e. The molecule has 0 aliphatic carbocycles. The van der Waals surface area contributed by atoms with E-state index in [-0.39, 0.29) is 26.4 Å². The Bertz CT molecular complexity index is 217. The van der Waals surface area contributed by atoms with E-state index < -0.39 is 6.16 Å². The van der Waals surface area contributed by atoms with Crippen LogP contribution < -0.4 is 0 Å². The molecule has 0 spiro atoms. The van der Waals surface area contributed by atoms with Gasteiger partial charge in [0.15, 0.2) is 0 Å². The molecule has 0 aromatic rings. The van der Waals surface area contributed by atoms with E-state index in [4.69, 9.17) is 13.1 Å². The van der Waals surface area contributed by atoms with Gasteiger partial charge in [-0.25, -0.2) is 4.79 Å². The topological polar surface area (TPSA) is 62.7 Å². The number of carbonyl (C=O) groups is 1. The van der Waals surface area contributed by atoms with Crippen LogP contribution in [0.2, 0.25) is 0 Å². The van der Waals surface area contributed by atoms with E-state index in [1.165, 1.54) is 0 Å². The maximum absolute atomic E-state index is 10.7. The lowest BCUT2D eigenvalue weighted by molar-refractivity contribution is 0.0296. The molecular weight excluding hydrogens is 192 g/mol. The van der Waals surface area contributed by atoms with Gasteiger partial charge in [-0.15, -0.1) is 0 Å². The van der Waals surface area contributed by atoms with E-state index in [1.54, 1.807) is 0 Å². The van der Waals surface area contributed by atoms with Crippen molar-refractivity contribution in [3.8, 4) is 0 Å². The summed E-state index contributed by atoms with van der Waals surface area (Å²) in [6.07, 6.45) is -0.882. The van der Waals surface area contributed by atoms with Crippen LogP contribution in [0.25, 0.3) is 10.0 Å². The summed E-state index contributed by atoms with van der Waals surface area (Å²) in [6, 6.07) is 0. The Morgan fingerprint density at radius 1 is 0.929 bits per heavy atom. The lowest BCUT2D eigenvalue weighted by Gasteiger charge is -2.01. The second kappa shape index (κ2) is 8.94. The molecule has 0 atom stereocenters. The minimum absolute atomic E-state index is 0.00282. The summed E-state index contributed by atoms with van der Waals surface area (Å²) in [4.78, 5) is 19.1. The monoisotopic (exact) mass is 200 g/mol. The zero-order chi connectivity index (χ0) is 10.6. The fourth-order valence-corrected chi connectivity index (χ4v) is 0.457. The van der Waals surface area contributed by atoms with E-state index >= 15 is 0 Å². The SMILES string of the molecule is [C-]#[N+]OCCOC(=O)OCCO[N+]#[C-]. The number of ether oxygens (including phenoxy) is 2. The minimum Gasteiger partial charge on any atom is -0.430 e. The van der Waals surface area contributed by atoms with Crippen molar-refractivity contribution < 1.29 is 23.9 Å². The predicted molar refractivity (Wildman–Crippen MR) is 42.4 cm³/mol. The Labute approximate surface area is 80.7 Å². The maximum atomic E-state index is 10.7. The van der Waals surface area contributed by atoms with Crippen molar-refractivity contribution >= 4 is 6.16 Å². The summed E-state index contributed by atoms with van der Waals surface area (Å²) < 4.78 is 8.92. The zero-order valence-corrected chi connectivity index (χ0v) is 7.26. The standard InChI is InChI=1S/C7H8N2O5/c1-8-13-5-3-11-7(10)12-4-6-14-9-2/h3-6H2. The molecule has 0 saturated carbocycles. The quantitative estimate of drug-likeness (QED) is 0.275. The van der Waals surface area contributed by atoms with Gasteiger partial charge in [0.1, 0.15) is 13.2 Å². The molecule has 0 heterocycles. The van der Waals surface area contributed by atoms with Crippen LogP contribution in [-0.4, -0.2) is 32.6 Å². The van der Waals surface area contributed by atoms with Crippen LogP contribution in [0.4, 0.5) is 4.79 Å². The maximum Gasteiger partial charge on any atom is 0.508 e. The average Bonchev–Trinajstić information content (AvgIpc) is 2.19. The number of hydrogen-bond acceptors (Lipinski definition) is 5. The van der Waals surface area contributed by atoms with Crippen LogP contribution in [-0.2, 0) is 19.1 Å². The second-order valence-electron chi connectivity index (χ2n) is 1.80. The molecule has 0 radical (unpaired) electrons. The van der Waals surface area contributed by atoms with E-state index in [9.17, 15) is 4.79 Å². The van der Waals surface area contributed by atoms with Gasteiger partial charge < -0.3 is 9.47 Å². The molecule has 0 aromatic heterocycles. The van der Waals surface area contributed by atoms with Crippen molar-refractivity contribution in [2.45, 2.75) is 0 Å². The first kappa shape index (κ1) is 11.8. The average molecular weight is 200 g/mol. The van der Waals surface area contributed by atoms with E-state index in [1.807, 2.05) is 0 Å². The summed E-state index contributed by atoms with van der Waals surface area (Å²) >= 11 is 0. The fourth-order valence-electron chi connectivity index (χ4n) is 0.457. The number of nitrogens with zero attached hydrogens (tertiary/aromatic N) is 2. The molecular formula is C7H8N2O5. The molecule has 0 aromatic carbocycles. The van der Waals surface area contributed by atoms with Crippen LogP contribution in [0.3, 0.4) is 0 Å². The van der Waals surface area contributed by atoms with E-state index in [2.05, 4.69) is 29.2 Å². The summed E-state index contributed by atoms with van der Waals surface area (Å²) in [7, 11) is 0. The highest BCUT2D eigenvalue weighted by Crippen LogP contribution is 1.87. The Kier molecular flexibility index (Phi) is 7.57. The van der Waals surface area contributed by atoms with Gasteiger partial charge in [0.05, 0.1) is 0 Å². The molecule has 0 bridgehead atoms. The van der Waals surface area contributed by atoms with Crippen LogP contribution in [0.15, 0.2) is 0 Å². The Hall–Kier alpha value is -2.15. The lowest BCUT2D eigenvalue weighted by Crippen LogP contribution is -2.13. The summed E-state index contributed by atoms with van der Waals surface area (Å²) in [5.41, 5.74) is 0. The number of hydrogen-bond donors (Lipinski definition) is 0. The van der Waals surface area contributed by atoms with Gasteiger partial charge in [-0.05, 0) is 10.0 Å². The van der Waals surface area contributed by atoms with Gasteiger partial charge in [-0.2, -0.15) is 22.8 Å². The third kappa shape index (κ3) is 7.95. The summed E-state index contributed by atoms with van der Waals surface area (Å²) in [5.74, 6) is 0. The Morgan fingerprint density at radius 3 is 1.71 bits per heavy atom. The Morgan fingerprint density at radius 2 is 1.36 bits per heavy atom. The molecule has 0 aliphatic heterocycles. The third-order valence-electron chi connectivity index (χ3n) is 0.918. The van der Waals surface area contributed by atoms with Crippen LogP contribution in [0.5, 0.6) is 0 Å². The van der Waals surface area contributed by atoms with Crippen molar-refractivity contribution in [2.75, 3.05) is 26.4 Å². The van der Waals surface area contributed by atoms with Crippen molar-refractivity contribution in [1.29, 1.82) is 0 Å². The van der Waals surface area contributed by atoms with Gasteiger partial charge in [0.25, 0.3) is 0 Å². The van der Waals surface area contributed by atoms with Crippen LogP contribution >= 0.6 is 0 Å². The van der Waals surface area contributed by atoms with Crippen LogP contribution in [0, 0.1) is 13.1 Å². The zero-order valence-electron chi connectivity index (χ0n) is 7.26. The first-order valence-electron chi connectivity index (χ1n) is 3.58. The second-order valence-corrected chi connectivity index (χ2v) is 1.80. The molecule has 7 heteroatoms. The summed E-state index contributed by atoms with van der Waals surface area (Å²) in [5, 5.41) is 5.17. The molecule has 76 valence electrons. The molecule has 0 N–H and O–H groups in total. The molecule has 0 fully saturated rings. The number of rotatable bonds is 6. The predicted octanol–water partition coefficient (Wildman–Crippen LogP) is 0.841. The highest BCUT2D eigenvalue weighted by Gasteiger charge is 2.04. The Balaban J connectivity index is 3.21. The van der Waals surface area contributed by atoms with Crippen molar-refractivity contribution in [3.05, 3.63) is 23.2 Å². The molecule has 0 amide bonds. The highest BCUT2D eigenvalue weighted by molar-refractivity contribution is 5.59. The first-order valence-corrected chi connectivity index (χ1v) is 3.58. The molecule has 0 unspecified atom stereocenters. The molecule has 14 heavy (non-hydrogen) atoms. The number of carbonyl (C=O) groups excluding carboxylic acids is 1. The van der Waals surface area contributed by atoms with Gasteiger partial charge in [0, 0.05) is 0 Å². The fraction of sp³-hybridized carbons (Fsp3) is 0.571. The van der Waals surface area contributed by atoms with Crippen molar-refractivity contribution in [2.24, 2.45) is 0 Å². The molecule has 7 nitrogen and oxygen atoms in total. The highest BCUT2D eigenvalue weighted by atomic mass is 16.7. The third-order valence-corrected chi connectivity index (χ3v) is 0.918. The smallest absolute Gasteiger partial charge is 0.430 e. The normalized spacial score (nSPS) is 7.86. The molecule has 0 aliphatic rings. The molecule has 0 rings (SSSR count). The summed E-state index contributed by atoms with van der Waals surface area (Å²) in [6.45, 7) is 12.4. The lowest BCUT2D eigenvalue weighted by atomic mass is 10.8.